The molecule has 17 heavy (non-hydrogen) atoms. The molecule has 0 aliphatic carbocycles. The van der Waals surface area contributed by atoms with E-state index in [-0.39, 0.29) is 5.56 Å². The number of aliphatic hydroxyl groups is 1. The summed E-state index contributed by atoms with van der Waals surface area (Å²) in [6.07, 6.45) is 0. The van der Waals surface area contributed by atoms with Gasteiger partial charge in [0.25, 0.3) is 5.78 Å². The van der Waals surface area contributed by atoms with Crippen molar-refractivity contribution >= 4 is 5.78 Å². The van der Waals surface area contributed by atoms with Crippen molar-refractivity contribution in [2.45, 2.75) is 12.5 Å². The zero-order valence-corrected chi connectivity index (χ0v) is 8.83. The molecule has 1 aliphatic rings. The molecule has 3 N–H and O–H groups in total. The van der Waals surface area contributed by atoms with Gasteiger partial charge in [0.15, 0.2) is 17.2 Å². The van der Waals surface area contributed by atoms with Crippen LogP contribution in [-0.2, 0) is 15.1 Å². The van der Waals surface area contributed by atoms with Crippen LogP contribution in [0.1, 0.15) is 12.5 Å². The highest BCUT2D eigenvalue weighted by molar-refractivity contribution is 6.02. The van der Waals surface area contributed by atoms with E-state index in [0.29, 0.717) is 0 Å². The molecule has 0 bridgehead atoms. The van der Waals surface area contributed by atoms with E-state index < -0.39 is 34.7 Å². The number of benzene rings is 1. The number of ketones is 1. The molecule has 4 nitrogen and oxygen atoms in total. The van der Waals surface area contributed by atoms with Gasteiger partial charge in [-0.2, -0.15) is 0 Å². The van der Waals surface area contributed by atoms with Gasteiger partial charge in [0.2, 0.25) is 11.6 Å². The minimum atomic E-state index is -1.62. The zero-order chi connectivity index (χ0) is 12.8. The van der Waals surface area contributed by atoms with Gasteiger partial charge in [-0.1, -0.05) is 6.07 Å². The fourth-order valence-corrected chi connectivity index (χ4v) is 1.64. The SMILES string of the molecule is CC1(c2ccc(F)c(F)c2)OC(N)=C(O)C1=O. The van der Waals surface area contributed by atoms with E-state index in [0.717, 1.165) is 12.1 Å². The van der Waals surface area contributed by atoms with Crippen molar-refractivity contribution in [3.63, 3.8) is 0 Å². The number of nitrogens with two attached hydrogens (primary N) is 1. The molecule has 1 aromatic rings. The van der Waals surface area contributed by atoms with Crippen molar-refractivity contribution < 1.29 is 23.4 Å². The normalized spacial score (nSPS) is 24.1. The van der Waals surface area contributed by atoms with Gasteiger partial charge in [-0.05, 0) is 19.1 Å². The Morgan fingerprint density at radius 1 is 1.35 bits per heavy atom. The molecule has 2 rings (SSSR count). The standard InChI is InChI=1S/C11H9F2NO3/c1-11(9(16)8(15)10(14)17-11)5-2-3-6(12)7(13)4-5/h2-4,15H,14H2,1H3. The Bertz CT molecular complexity index is 542. The van der Waals surface area contributed by atoms with Gasteiger partial charge >= 0.3 is 0 Å². The summed E-state index contributed by atoms with van der Waals surface area (Å²) >= 11 is 0. The van der Waals surface area contributed by atoms with Gasteiger partial charge in [0, 0.05) is 5.56 Å². The number of hydrogen-bond acceptors (Lipinski definition) is 4. The van der Waals surface area contributed by atoms with Gasteiger partial charge in [0.1, 0.15) is 0 Å². The maximum absolute atomic E-state index is 13.1. The van der Waals surface area contributed by atoms with Crippen LogP contribution in [0.4, 0.5) is 8.78 Å². The van der Waals surface area contributed by atoms with Crippen LogP contribution in [0, 0.1) is 11.6 Å². The number of carbonyl (C=O) groups excluding carboxylic acids is 1. The second-order valence-corrected chi connectivity index (χ2v) is 3.81. The first-order valence-electron chi connectivity index (χ1n) is 4.74. The van der Waals surface area contributed by atoms with Crippen molar-refractivity contribution in [3.8, 4) is 0 Å². The van der Waals surface area contributed by atoms with Gasteiger partial charge in [-0.3, -0.25) is 4.79 Å². The summed E-state index contributed by atoms with van der Waals surface area (Å²) in [6, 6.07) is 2.90. The molecule has 0 spiro atoms. The topological polar surface area (TPSA) is 72.6 Å². The van der Waals surface area contributed by atoms with Crippen molar-refractivity contribution in [1.29, 1.82) is 0 Å². The van der Waals surface area contributed by atoms with Crippen molar-refractivity contribution in [3.05, 3.63) is 47.0 Å². The first kappa shape index (κ1) is 11.4. The Balaban J connectivity index is 2.48. The average molecular weight is 241 g/mol. The van der Waals surface area contributed by atoms with E-state index in [4.69, 9.17) is 10.5 Å². The summed E-state index contributed by atoms with van der Waals surface area (Å²) in [7, 11) is 0. The largest absolute Gasteiger partial charge is 0.501 e. The van der Waals surface area contributed by atoms with E-state index in [9.17, 15) is 18.7 Å². The summed E-state index contributed by atoms with van der Waals surface area (Å²) in [5.41, 5.74) is 3.72. The quantitative estimate of drug-likeness (QED) is 0.780. The molecule has 1 aromatic carbocycles. The smallest absolute Gasteiger partial charge is 0.250 e. The van der Waals surface area contributed by atoms with E-state index >= 15 is 0 Å². The van der Waals surface area contributed by atoms with Crippen molar-refractivity contribution in [2.75, 3.05) is 0 Å². The van der Waals surface area contributed by atoms with E-state index in [2.05, 4.69) is 0 Å². The number of halogens is 2. The molecular formula is C11H9F2NO3. The van der Waals surface area contributed by atoms with Crippen LogP contribution in [0.5, 0.6) is 0 Å². The molecule has 0 saturated heterocycles. The van der Waals surface area contributed by atoms with Crippen molar-refractivity contribution in [2.24, 2.45) is 5.73 Å². The zero-order valence-electron chi connectivity index (χ0n) is 8.83. The predicted molar refractivity (Wildman–Crippen MR) is 53.6 cm³/mol. The molecule has 6 heteroatoms. The van der Waals surface area contributed by atoms with Crippen LogP contribution in [0.3, 0.4) is 0 Å². The lowest BCUT2D eigenvalue weighted by atomic mass is 9.91. The lowest BCUT2D eigenvalue weighted by molar-refractivity contribution is -0.131. The molecule has 1 unspecified atom stereocenters. The molecule has 1 heterocycles. The molecule has 0 fully saturated rings. The Hall–Kier alpha value is -2.11. The maximum atomic E-state index is 13.1. The number of rotatable bonds is 1. The molecule has 0 aromatic heterocycles. The first-order valence-corrected chi connectivity index (χ1v) is 4.74. The minimum Gasteiger partial charge on any atom is -0.501 e. The third-order valence-corrected chi connectivity index (χ3v) is 2.67. The van der Waals surface area contributed by atoms with Crippen LogP contribution in [0.25, 0.3) is 0 Å². The van der Waals surface area contributed by atoms with Crippen LogP contribution < -0.4 is 5.73 Å². The van der Waals surface area contributed by atoms with Crippen molar-refractivity contribution in [1.82, 2.24) is 0 Å². The summed E-state index contributed by atoms with van der Waals surface area (Å²) in [5, 5.41) is 9.30. The average Bonchev–Trinajstić information content (AvgIpc) is 2.48. The molecule has 0 radical (unpaired) electrons. The van der Waals surface area contributed by atoms with Crippen LogP contribution in [0.15, 0.2) is 29.8 Å². The molecule has 0 saturated carbocycles. The summed E-state index contributed by atoms with van der Waals surface area (Å²) in [5.74, 6) is -4.07. The Kier molecular flexibility index (Phi) is 2.30. The van der Waals surface area contributed by atoms with Crippen LogP contribution >= 0.6 is 0 Å². The van der Waals surface area contributed by atoms with E-state index in [1.807, 2.05) is 0 Å². The first-order chi connectivity index (χ1) is 7.86. The van der Waals surface area contributed by atoms with Crippen LogP contribution in [0.2, 0.25) is 0 Å². The highest BCUT2D eigenvalue weighted by Crippen LogP contribution is 2.36. The summed E-state index contributed by atoms with van der Waals surface area (Å²) in [4.78, 5) is 11.7. The molecule has 1 aliphatic heterocycles. The molecule has 1 atom stereocenters. The number of aliphatic hydroxyl groups excluding tert-OH is 1. The predicted octanol–water partition coefficient (Wildman–Crippen LogP) is 1.47. The highest BCUT2D eigenvalue weighted by Gasteiger charge is 2.47. The minimum absolute atomic E-state index is 0.0772. The monoisotopic (exact) mass is 241 g/mol. The fourth-order valence-electron chi connectivity index (χ4n) is 1.64. The number of Topliss-reactive ketones (excluding diaryl/α,β-unsaturated/α-hetero) is 1. The highest BCUT2D eigenvalue weighted by atomic mass is 19.2. The molecule has 90 valence electrons. The number of hydrogen-bond donors (Lipinski definition) is 2. The molecular weight excluding hydrogens is 232 g/mol. The number of ether oxygens (including phenoxy) is 1. The second-order valence-electron chi connectivity index (χ2n) is 3.81. The lowest BCUT2D eigenvalue weighted by Crippen LogP contribution is -2.31. The summed E-state index contributed by atoms with van der Waals surface area (Å²) in [6.45, 7) is 1.32. The third-order valence-electron chi connectivity index (χ3n) is 2.67. The fraction of sp³-hybridized carbons (Fsp3) is 0.182. The van der Waals surface area contributed by atoms with Gasteiger partial charge in [-0.15, -0.1) is 0 Å². The Labute approximate surface area is 95.3 Å². The van der Waals surface area contributed by atoms with Gasteiger partial charge in [-0.25, -0.2) is 8.78 Å². The second kappa shape index (κ2) is 3.44. The molecule has 0 amide bonds. The Morgan fingerprint density at radius 2 is 2.00 bits per heavy atom. The van der Waals surface area contributed by atoms with E-state index in [1.54, 1.807) is 0 Å². The Morgan fingerprint density at radius 3 is 2.47 bits per heavy atom. The summed E-state index contributed by atoms with van der Waals surface area (Å²) < 4.78 is 30.9. The van der Waals surface area contributed by atoms with Crippen LogP contribution in [-0.4, -0.2) is 10.9 Å². The van der Waals surface area contributed by atoms with E-state index in [1.165, 1.54) is 13.0 Å². The third kappa shape index (κ3) is 1.52. The lowest BCUT2D eigenvalue weighted by Gasteiger charge is -2.22. The number of carbonyl (C=O) groups is 1. The van der Waals surface area contributed by atoms with Gasteiger partial charge in [0.05, 0.1) is 0 Å². The van der Waals surface area contributed by atoms with Gasteiger partial charge < -0.3 is 15.6 Å². The maximum Gasteiger partial charge on any atom is 0.250 e.